The Balaban J connectivity index is 1.74. The highest BCUT2D eigenvalue weighted by molar-refractivity contribution is 5.73. The smallest absolute Gasteiger partial charge is 0.219 e. The van der Waals surface area contributed by atoms with Crippen molar-refractivity contribution in [3.8, 4) is 5.75 Å². The maximum absolute atomic E-state index is 11.9. The molecule has 0 saturated carbocycles. The number of benzene rings is 2. The van der Waals surface area contributed by atoms with E-state index in [0.717, 1.165) is 24.3 Å². The van der Waals surface area contributed by atoms with E-state index in [0.29, 0.717) is 26.3 Å². The minimum atomic E-state index is 0.128. The molecule has 0 bridgehead atoms. The number of fused-ring (bicyclic) bond motifs is 1. The van der Waals surface area contributed by atoms with E-state index < -0.39 is 0 Å². The third kappa shape index (κ3) is 5.12. The normalized spacial score (nSPS) is 16.4. The number of amides is 1. The average molecular weight is 383 g/mol. The first kappa shape index (κ1) is 20.4. The van der Waals surface area contributed by atoms with E-state index in [1.807, 2.05) is 11.0 Å². The van der Waals surface area contributed by atoms with Crippen LogP contribution in [-0.4, -0.2) is 37.7 Å². The van der Waals surface area contributed by atoms with Crippen molar-refractivity contribution in [2.75, 3.05) is 26.9 Å². The van der Waals surface area contributed by atoms with E-state index in [-0.39, 0.29) is 11.9 Å². The fourth-order valence-corrected chi connectivity index (χ4v) is 3.63. The number of nitrogens with one attached hydrogen (secondary N) is 1. The highest BCUT2D eigenvalue weighted by Gasteiger charge is 2.23. The van der Waals surface area contributed by atoms with Gasteiger partial charge in [-0.05, 0) is 36.1 Å². The minimum Gasteiger partial charge on any atom is -0.491 e. The number of hydrogen-bond acceptors (Lipinski definition) is 4. The van der Waals surface area contributed by atoms with E-state index in [1.165, 1.54) is 16.7 Å². The Morgan fingerprint density at radius 2 is 2.04 bits per heavy atom. The summed E-state index contributed by atoms with van der Waals surface area (Å²) in [4.78, 5) is 13.9. The molecular weight excluding hydrogens is 352 g/mol. The Hall–Kier alpha value is -2.37. The topological polar surface area (TPSA) is 50.8 Å². The molecule has 2 aromatic carbocycles. The number of carbonyl (C=O) groups is 1. The third-order valence-corrected chi connectivity index (χ3v) is 5.23. The average Bonchev–Trinajstić information content (AvgIpc) is 2.87. The molecule has 1 N–H and O–H groups in total. The van der Waals surface area contributed by atoms with Crippen molar-refractivity contribution < 1.29 is 14.3 Å². The fraction of sp³-hybridized carbons (Fsp3) is 0.435. The van der Waals surface area contributed by atoms with Crippen LogP contribution in [0.1, 0.15) is 41.6 Å². The van der Waals surface area contributed by atoms with Gasteiger partial charge in [0.25, 0.3) is 0 Å². The molecule has 28 heavy (non-hydrogen) atoms. The van der Waals surface area contributed by atoms with Crippen molar-refractivity contribution in [1.82, 2.24) is 10.2 Å². The van der Waals surface area contributed by atoms with Crippen LogP contribution in [-0.2, 0) is 22.6 Å². The summed E-state index contributed by atoms with van der Waals surface area (Å²) in [5.74, 6) is 1.03. The lowest BCUT2D eigenvalue weighted by Gasteiger charge is -2.21. The molecule has 0 radical (unpaired) electrons. The van der Waals surface area contributed by atoms with E-state index in [4.69, 9.17) is 9.47 Å². The lowest BCUT2D eigenvalue weighted by Crippen LogP contribution is -2.29. The number of ether oxygens (including phenoxy) is 2. The summed E-state index contributed by atoms with van der Waals surface area (Å²) in [5.41, 5.74) is 4.80. The maximum atomic E-state index is 11.9. The van der Waals surface area contributed by atoms with Gasteiger partial charge in [-0.1, -0.05) is 36.4 Å². The van der Waals surface area contributed by atoms with Crippen molar-refractivity contribution in [2.24, 2.45) is 0 Å². The van der Waals surface area contributed by atoms with Gasteiger partial charge in [0.2, 0.25) is 5.91 Å². The first-order chi connectivity index (χ1) is 13.6. The van der Waals surface area contributed by atoms with Gasteiger partial charge in [0.1, 0.15) is 12.4 Å². The van der Waals surface area contributed by atoms with Gasteiger partial charge in [-0.25, -0.2) is 0 Å². The third-order valence-electron chi connectivity index (χ3n) is 5.23. The second-order valence-corrected chi connectivity index (χ2v) is 7.31. The number of methoxy groups -OCH3 is 1. The lowest BCUT2D eigenvalue weighted by atomic mass is 9.99. The molecule has 0 aliphatic carbocycles. The number of carbonyl (C=O) groups excluding carboxylic acids is 1. The summed E-state index contributed by atoms with van der Waals surface area (Å²) in [6, 6.07) is 14.9. The van der Waals surface area contributed by atoms with Crippen LogP contribution >= 0.6 is 0 Å². The molecular formula is C23H30N2O3. The summed E-state index contributed by atoms with van der Waals surface area (Å²) in [6.45, 7) is 6.96. The Bertz CT molecular complexity index is 806. The van der Waals surface area contributed by atoms with Crippen LogP contribution in [0.15, 0.2) is 42.5 Å². The number of aryl methyl sites for hydroxylation is 1. The van der Waals surface area contributed by atoms with Crippen molar-refractivity contribution in [3.05, 3.63) is 64.7 Å². The Kier molecular flexibility index (Phi) is 7.06. The summed E-state index contributed by atoms with van der Waals surface area (Å²) >= 11 is 0. The Labute approximate surface area is 167 Å². The van der Waals surface area contributed by atoms with Crippen molar-refractivity contribution in [3.63, 3.8) is 0 Å². The van der Waals surface area contributed by atoms with Crippen LogP contribution in [0.4, 0.5) is 0 Å². The number of hydrogen-bond donors (Lipinski definition) is 1. The summed E-state index contributed by atoms with van der Waals surface area (Å²) in [6.07, 6.45) is 0.891. The van der Waals surface area contributed by atoms with Crippen LogP contribution in [0.25, 0.3) is 0 Å². The zero-order valence-electron chi connectivity index (χ0n) is 17.0. The van der Waals surface area contributed by atoms with Gasteiger partial charge >= 0.3 is 0 Å². The maximum Gasteiger partial charge on any atom is 0.219 e. The molecule has 0 unspecified atom stereocenters. The van der Waals surface area contributed by atoms with Gasteiger partial charge in [-0.15, -0.1) is 0 Å². The van der Waals surface area contributed by atoms with Crippen LogP contribution in [0, 0.1) is 6.92 Å². The zero-order chi connectivity index (χ0) is 19.9. The van der Waals surface area contributed by atoms with Crippen LogP contribution in [0.5, 0.6) is 5.75 Å². The molecule has 0 aromatic heterocycles. The standard InChI is InChI=1S/C23H30N2O3/c1-17-8-9-19(23(14-17)28-13-12-27-3)15-24-22-10-11-25(18(2)26)16-20-6-4-5-7-21(20)22/h4-9,14,22,24H,10-13,15-16H2,1-3H3/t22-/m0/s1. The molecule has 2 aromatic rings. The molecule has 5 nitrogen and oxygen atoms in total. The van der Waals surface area contributed by atoms with Crippen molar-refractivity contribution in [1.29, 1.82) is 0 Å². The van der Waals surface area contributed by atoms with E-state index in [1.54, 1.807) is 14.0 Å². The molecule has 0 saturated heterocycles. The van der Waals surface area contributed by atoms with Crippen molar-refractivity contribution in [2.45, 2.75) is 39.4 Å². The van der Waals surface area contributed by atoms with E-state index in [9.17, 15) is 4.79 Å². The summed E-state index contributed by atoms with van der Waals surface area (Å²) in [7, 11) is 1.68. The van der Waals surface area contributed by atoms with E-state index in [2.05, 4.69) is 48.6 Å². The highest BCUT2D eigenvalue weighted by atomic mass is 16.5. The SMILES string of the molecule is COCCOc1cc(C)ccc1CN[C@H]1CCN(C(C)=O)Cc2ccccc21. The molecule has 0 spiro atoms. The minimum absolute atomic E-state index is 0.128. The quantitative estimate of drug-likeness (QED) is 0.744. The van der Waals surface area contributed by atoms with Crippen molar-refractivity contribution >= 4 is 5.91 Å². The summed E-state index contributed by atoms with van der Waals surface area (Å²) in [5, 5.41) is 3.69. The molecule has 1 heterocycles. The molecule has 150 valence electrons. The summed E-state index contributed by atoms with van der Waals surface area (Å²) < 4.78 is 11.0. The van der Waals surface area contributed by atoms with Gasteiger partial charge in [0.15, 0.2) is 0 Å². The highest BCUT2D eigenvalue weighted by Crippen LogP contribution is 2.28. The van der Waals surface area contributed by atoms with E-state index >= 15 is 0 Å². The van der Waals surface area contributed by atoms with Gasteiger partial charge in [0, 0.05) is 45.3 Å². The van der Waals surface area contributed by atoms with Gasteiger partial charge in [-0.3, -0.25) is 4.79 Å². The predicted octanol–water partition coefficient (Wildman–Crippen LogP) is 3.60. The number of nitrogens with zero attached hydrogens (tertiary/aromatic N) is 1. The molecule has 3 rings (SSSR count). The first-order valence-corrected chi connectivity index (χ1v) is 9.86. The monoisotopic (exact) mass is 382 g/mol. The molecule has 1 aliphatic rings. The Morgan fingerprint density at radius 1 is 1.21 bits per heavy atom. The predicted molar refractivity (Wildman–Crippen MR) is 110 cm³/mol. The lowest BCUT2D eigenvalue weighted by molar-refractivity contribution is -0.129. The number of rotatable bonds is 7. The van der Waals surface area contributed by atoms with Gasteiger partial charge < -0.3 is 19.7 Å². The van der Waals surface area contributed by atoms with Crippen LogP contribution in [0.2, 0.25) is 0 Å². The van der Waals surface area contributed by atoms with Gasteiger partial charge in [-0.2, -0.15) is 0 Å². The van der Waals surface area contributed by atoms with Gasteiger partial charge in [0.05, 0.1) is 6.61 Å². The molecule has 1 amide bonds. The second kappa shape index (κ2) is 9.71. The first-order valence-electron chi connectivity index (χ1n) is 9.86. The zero-order valence-corrected chi connectivity index (χ0v) is 17.0. The van der Waals surface area contributed by atoms with Crippen LogP contribution < -0.4 is 10.1 Å². The van der Waals surface area contributed by atoms with Crippen LogP contribution in [0.3, 0.4) is 0 Å². The largest absolute Gasteiger partial charge is 0.491 e. The fourth-order valence-electron chi connectivity index (χ4n) is 3.63. The second-order valence-electron chi connectivity index (χ2n) is 7.31. The molecule has 0 fully saturated rings. The molecule has 5 heteroatoms. The molecule has 1 aliphatic heterocycles. The Morgan fingerprint density at radius 3 is 2.82 bits per heavy atom. The molecule has 1 atom stereocenters.